The Bertz CT molecular complexity index is 614. The van der Waals surface area contributed by atoms with Gasteiger partial charge in [-0.15, -0.1) is 0 Å². The Morgan fingerprint density at radius 2 is 2.13 bits per heavy atom. The molecule has 0 unspecified atom stereocenters. The molecule has 0 radical (unpaired) electrons. The summed E-state index contributed by atoms with van der Waals surface area (Å²) in [5, 5.41) is 9.99. The van der Waals surface area contributed by atoms with Crippen LogP contribution in [0.3, 0.4) is 0 Å². The molecule has 0 aromatic rings. The lowest BCUT2D eigenvalue weighted by Gasteiger charge is -2.51. The minimum atomic E-state index is -0.0665. The highest BCUT2D eigenvalue weighted by Crippen LogP contribution is 2.61. The van der Waals surface area contributed by atoms with Gasteiger partial charge in [-0.05, 0) is 69.1 Å². The lowest BCUT2D eigenvalue weighted by atomic mass is 9.53. The fourth-order valence-electron chi connectivity index (χ4n) is 6.14. The number of fused-ring (bicyclic) bond motifs is 4. The second-order valence-corrected chi connectivity index (χ2v) is 8.41. The predicted molar refractivity (Wildman–Crippen MR) is 94.7 cm³/mol. The molecule has 4 rings (SSSR count). The van der Waals surface area contributed by atoms with Gasteiger partial charge in [0.25, 0.3) is 0 Å². The zero-order chi connectivity index (χ0) is 16.0. The molecule has 0 aliphatic heterocycles. The van der Waals surface area contributed by atoms with Crippen LogP contribution < -0.4 is 0 Å². The molecule has 0 amide bonds. The van der Waals surface area contributed by atoms with Crippen molar-refractivity contribution in [1.29, 1.82) is 0 Å². The molecule has 0 heterocycles. The molecule has 4 aliphatic rings. The van der Waals surface area contributed by atoms with E-state index < -0.39 is 0 Å². The van der Waals surface area contributed by atoms with Crippen molar-refractivity contribution < 1.29 is 5.11 Å². The summed E-state index contributed by atoms with van der Waals surface area (Å²) in [4.78, 5) is 0. The third-order valence-electron chi connectivity index (χ3n) is 7.33. The normalized spacial score (nSPS) is 42.1. The minimum absolute atomic E-state index is 0.0665. The summed E-state index contributed by atoms with van der Waals surface area (Å²) in [6, 6.07) is 0. The summed E-state index contributed by atoms with van der Waals surface area (Å²) in [6.45, 7) is 4.64. The maximum atomic E-state index is 9.99. The number of allylic oxidation sites excluding steroid dienone is 3. The maximum absolute atomic E-state index is 9.99. The first-order chi connectivity index (χ1) is 11.1. The van der Waals surface area contributed by atoms with Gasteiger partial charge in [-0.1, -0.05) is 42.9 Å². The van der Waals surface area contributed by atoms with Crippen LogP contribution in [0.15, 0.2) is 22.8 Å². The predicted octanol–water partition coefficient (Wildman–Crippen LogP) is 5.01. The van der Waals surface area contributed by atoms with Gasteiger partial charge >= 0.3 is 0 Å². The molecule has 0 aromatic carbocycles. The third-order valence-corrected chi connectivity index (χ3v) is 7.33. The smallest absolute Gasteiger partial charge is 0.0580 e. The zero-order valence-corrected chi connectivity index (χ0v) is 14.7. The summed E-state index contributed by atoms with van der Waals surface area (Å²) >= 11 is 0. The summed E-state index contributed by atoms with van der Waals surface area (Å²) < 4.78 is 0. The number of hydrogen-bond donors (Lipinski definition) is 1. The van der Waals surface area contributed by atoms with E-state index in [4.69, 9.17) is 0 Å². The first kappa shape index (κ1) is 15.5. The molecule has 0 bridgehead atoms. The summed E-state index contributed by atoms with van der Waals surface area (Å²) in [5.74, 6) is 9.30. The molecule has 1 fully saturated rings. The van der Waals surface area contributed by atoms with Crippen LogP contribution >= 0.6 is 0 Å². The van der Waals surface area contributed by atoms with Gasteiger partial charge in [0, 0.05) is 17.4 Å². The number of rotatable bonds is 0. The van der Waals surface area contributed by atoms with E-state index in [2.05, 4.69) is 31.8 Å². The van der Waals surface area contributed by atoms with E-state index in [1.54, 1.807) is 11.1 Å². The second-order valence-electron chi connectivity index (χ2n) is 8.41. The molecular formula is C22H30O. The van der Waals surface area contributed by atoms with Crippen molar-refractivity contribution in [1.82, 2.24) is 0 Å². The lowest BCUT2D eigenvalue weighted by Crippen LogP contribution is -2.43. The van der Waals surface area contributed by atoms with E-state index in [-0.39, 0.29) is 6.10 Å². The van der Waals surface area contributed by atoms with E-state index >= 15 is 0 Å². The summed E-state index contributed by atoms with van der Waals surface area (Å²) in [5.41, 5.74) is 5.18. The highest BCUT2D eigenvalue weighted by Gasteiger charge is 2.52. The largest absolute Gasteiger partial charge is 0.393 e. The van der Waals surface area contributed by atoms with Crippen LogP contribution in [0.2, 0.25) is 0 Å². The van der Waals surface area contributed by atoms with Crippen LogP contribution in [-0.2, 0) is 0 Å². The van der Waals surface area contributed by atoms with Crippen molar-refractivity contribution in [3.8, 4) is 11.8 Å². The molecular weight excluding hydrogens is 280 g/mol. The molecule has 0 aromatic heterocycles. The van der Waals surface area contributed by atoms with Gasteiger partial charge in [-0.25, -0.2) is 0 Å². The Morgan fingerprint density at radius 3 is 2.96 bits per heavy atom. The number of hydrogen-bond acceptors (Lipinski definition) is 1. The number of aliphatic hydroxyl groups excluding tert-OH is 1. The Morgan fingerprint density at radius 1 is 1.26 bits per heavy atom. The Balaban J connectivity index is 1.60. The van der Waals surface area contributed by atoms with Crippen molar-refractivity contribution >= 4 is 0 Å². The van der Waals surface area contributed by atoms with Crippen molar-refractivity contribution in [3.05, 3.63) is 22.8 Å². The topological polar surface area (TPSA) is 20.2 Å². The van der Waals surface area contributed by atoms with E-state index in [0.717, 1.165) is 43.4 Å². The van der Waals surface area contributed by atoms with E-state index in [9.17, 15) is 5.11 Å². The maximum Gasteiger partial charge on any atom is 0.0580 e. The van der Waals surface area contributed by atoms with E-state index in [1.165, 1.54) is 37.7 Å². The highest BCUT2D eigenvalue weighted by atomic mass is 16.3. The van der Waals surface area contributed by atoms with Gasteiger partial charge in [0.2, 0.25) is 0 Å². The van der Waals surface area contributed by atoms with Gasteiger partial charge in [0.1, 0.15) is 0 Å². The third kappa shape index (κ3) is 2.42. The SMILES string of the molecule is CCC#CC1=CC[C@H]2[C@@H]3CCC4=C(CC[C@H](O)C4)[C@H]3CC[C@]12C. The fraction of sp³-hybridized carbons (Fsp3) is 0.727. The molecule has 5 atom stereocenters. The minimum Gasteiger partial charge on any atom is -0.393 e. The summed E-state index contributed by atoms with van der Waals surface area (Å²) in [6.07, 6.45) is 13.0. The molecule has 23 heavy (non-hydrogen) atoms. The second kappa shape index (κ2) is 5.82. The van der Waals surface area contributed by atoms with Gasteiger partial charge in [0.05, 0.1) is 6.10 Å². The highest BCUT2D eigenvalue weighted by molar-refractivity contribution is 5.41. The molecule has 1 N–H and O–H groups in total. The fourth-order valence-corrected chi connectivity index (χ4v) is 6.14. The average molecular weight is 310 g/mol. The van der Waals surface area contributed by atoms with Crippen LogP contribution in [-0.4, -0.2) is 11.2 Å². The van der Waals surface area contributed by atoms with Crippen LogP contribution in [0.4, 0.5) is 0 Å². The van der Waals surface area contributed by atoms with Crippen LogP contribution in [0.1, 0.15) is 71.6 Å². The Hall–Kier alpha value is -1.00. The lowest BCUT2D eigenvalue weighted by molar-refractivity contribution is 0.0518. The Kier molecular flexibility index (Phi) is 3.93. The van der Waals surface area contributed by atoms with Crippen LogP contribution in [0.25, 0.3) is 0 Å². The van der Waals surface area contributed by atoms with Crippen LogP contribution in [0.5, 0.6) is 0 Å². The van der Waals surface area contributed by atoms with Gasteiger partial charge < -0.3 is 5.11 Å². The van der Waals surface area contributed by atoms with Crippen molar-refractivity contribution in [3.63, 3.8) is 0 Å². The molecule has 124 valence electrons. The van der Waals surface area contributed by atoms with E-state index in [1.807, 2.05) is 0 Å². The Labute approximate surface area is 141 Å². The van der Waals surface area contributed by atoms with Crippen molar-refractivity contribution in [2.45, 2.75) is 77.7 Å². The average Bonchev–Trinajstić information content (AvgIpc) is 2.89. The molecule has 0 spiro atoms. The molecule has 1 nitrogen and oxygen atoms in total. The zero-order valence-electron chi connectivity index (χ0n) is 14.7. The molecule has 4 aliphatic carbocycles. The van der Waals surface area contributed by atoms with Crippen molar-refractivity contribution in [2.24, 2.45) is 23.2 Å². The molecule has 1 heteroatoms. The van der Waals surface area contributed by atoms with Gasteiger partial charge in [-0.2, -0.15) is 0 Å². The standard InChI is InChI=1S/C22H30O/c1-3-4-5-16-7-11-21-20-9-6-15-14-17(23)8-10-18(15)19(20)12-13-22(16,21)2/h7,17,19-21,23H,3,6,8-14H2,1-2H3/t17-,19+,20+,21-,22+/m0/s1. The quantitative estimate of drug-likeness (QED) is 0.492. The van der Waals surface area contributed by atoms with Crippen LogP contribution in [0, 0.1) is 35.0 Å². The molecule has 1 saturated carbocycles. The number of aliphatic hydroxyl groups is 1. The van der Waals surface area contributed by atoms with E-state index in [0.29, 0.717) is 5.41 Å². The monoisotopic (exact) mass is 310 g/mol. The first-order valence-corrected chi connectivity index (χ1v) is 9.72. The van der Waals surface area contributed by atoms with Gasteiger partial charge in [-0.3, -0.25) is 0 Å². The van der Waals surface area contributed by atoms with Gasteiger partial charge in [0.15, 0.2) is 0 Å². The van der Waals surface area contributed by atoms with Crippen molar-refractivity contribution in [2.75, 3.05) is 0 Å². The summed E-state index contributed by atoms with van der Waals surface area (Å²) in [7, 11) is 0. The first-order valence-electron chi connectivity index (χ1n) is 9.72. The molecule has 0 saturated heterocycles.